The summed E-state index contributed by atoms with van der Waals surface area (Å²) in [5, 5.41) is 4.68. The van der Waals surface area contributed by atoms with Crippen LogP contribution in [0.1, 0.15) is 39.1 Å². The van der Waals surface area contributed by atoms with E-state index in [4.69, 9.17) is 16.3 Å². The van der Waals surface area contributed by atoms with E-state index in [1.165, 1.54) is 4.52 Å². The molecule has 22 heavy (non-hydrogen) atoms. The van der Waals surface area contributed by atoms with E-state index in [9.17, 15) is 9.59 Å². The van der Waals surface area contributed by atoms with Gasteiger partial charge in [0, 0.05) is 12.7 Å². The maximum Gasteiger partial charge on any atom is 0.410 e. The number of H-pyrrole nitrogens is 1. The van der Waals surface area contributed by atoms with Crippen molar-refractivity contribution in [2.45, 2.75) is 38.8 Å². The van der Waals surface area contributed by atoms with Gasteiger partial charge in [0.05, 0.1) is 11.1 Å². The first-order chi connectivity index (χ1) is 10.3. The molecule has 7 nitrogen and oxygen atoms in total. The van der Waals surface area contributed by atoms with E-state index in [1.807, 2.05) is 20.8 Å². The minimum Gasteiger partial charge on any atom is -0.444 e. The molecule has 1 fully saturated rings. The summed E-state index contributed by atoms with van der Waals surface area (Å²) in [6.07, 6.45) is 1.94. The van der Waals surface area contributed by atoms with Crippen molar-refractivity contribution in [1.82, 2.24) is 19.5 Å². The molecule has 0 saturated carbocycles. The number of ether oxygens (including phenoxy) is 1. The SMILES string of the molecule is CC(C)(C)OC(=O)N1CC[C@H]1c1nn2ccc(Cl)c2c(=O)[nH]1. The quantitative estimate of drug-likeness (QED) is 0.873. The fraction of sp³-hybridized carbons (Fsp3) is 0.500. The summed E-state index contributed by atoms with van der Waals surface area (Å²) in [6.45, 7) is 6.02. The first-order valence-electron chi connectivity index (χ1n) is 7.03. The number of hydrogen-bond donors (Lipinski definition) is 1. The van der Waals surface area contributed by atoms with Gasteiger partial charge in [0.1, 0.15) is 11.1 Å². The standard InChI is InChI=1S/C14H17ClN4O3/c1-14(2,3)22-13(21)18-6-5-9(18)11-16-12(20)10-8(15)4-7-19(10)17-11/h4,7,9H,5-6H2,1-3H3,(H,16,17,20)/t9-/m0/s1. The molecule has 2 aromatic rings. The normalized spacial score (nSPS) is 18.4. The Morgan fingerprint density at radius 3 is 2.82 bits per heavy atom. The Morgan fingerprint density at radius 1 is 1.50 bits per heavy atom. The molecule has 1 aliphatic heterocycles. The largest absolute Gasteiger partial charge is 0.444 e. The second kappa shape index (κ2) is 5.01. The van der Waals surface area contributed by atoms with Crippen molar-refractivity contribution in [3.05, 3.63) is 33.5 Å². The van der Waals surface area contributed by atoms with Gasteiger partial charge in [-0.25, -0.2) is 9.31 Å². The van der Waals surface area contributed by atoms with E-state index in [1.54, 1.807) is 17.2 Å². The number of nitrogens with one attached hydrogen (secondary N) is 1. The molecule has 1 aliphatic rings. The Bertz CT molecular complexity index is 789. The summed E-state index contributed by atoms with van der Waals surface area (Å²) in [5.41, 5.74) is -0.583. The number of carbonyl (C=O) groups is 1. The highest BCUT2D eigenvalue weighted by Gasteiger charge is 2.38. The van der Waals surface area contributed by atoms with Crippen LogP contribution in [0.5, 0.6) is 0 Å². The number of likely N-dealkylation sites (tertiary alicyclic amines) is 1. The Hall–Kier alpha value is -2.02. The van der Waals surface area contributed by atoms with Crippen molar-refractivity contribution in [3.8, 4) is 0 Å². The number of aromatic amines is 1. The minimum absolute atomic E-state index is 0.284. The van der Waals surface area contributed by atoms with Crippen LogP contribution in [0.25, 0.3) is 5.52 Å². The summed E-state index contributed by atoms with van der Waals surface area (Å²) in [4.78, 5) is 28.5. The van der Waals surface area contributed by atoms with E-state index in [0.29, 0.717) is 22.9 Å². The van der Waals surface area contributed by atoms with Gasteiger partial charge < -0.3 is 9.72 Å². The molecule has 0 bridgehead atoms. The maximum atomic E-state index is 12.1. The fourth-order valence-corrected chi connectivity index (χ4v) is 2.60. The molecule has 0 radical (unpaired) electrons. The molecule has 3 heterocycles. The van der Waals surface area contributed by atoms with Crippen molar-refractivity contribution in [2.24, 2.45) is 0 Å². The molecule has 1 atom stereocenters. The summed E-state index contributed by atoms with van der Waals surface area (Å²) in [5.74, 6) is 0.432. The van der Waals surface area contributed by atoms with Gasteiger partial charge in [-0.3, -0.25) is 9.69 Å². The van der Waals surface area contributed by atoms with Crippen molar-refractivity contribution in [1.29, 1.82) is 0 Å². The topological polar surface area (TPSA) is 79.7 Å². The van der Waals surface area contributed by atoms with Crippen LogP contribution in [-0.4, -0.2) is 37.7 Å². The predicted octanol–water partition coefficient (Wildman–Crippen LogP) is 2.36. The van der Waals surface area contributed by atoms with Crippen molar-refractivity contribution >= 4 is 23.2 Å². The van der Waals surface area contributed by atoms with Crippen molar-refractivity contribution in [3.63, 3.8) is 0 Å². The molecule has 0 aliphatic carbocycles. The molecule has 1 amide bonds. The Balaban J connectivity index is 1.88. The zero-order valence-corrected chi connectivity index (χ0v) is 13.3. The third-order valence-corrected chi connectivity index (χ3v) is 3.76. The Kier molecular flexibility index (Phi) is 3.40. The van der Waals surface area contributed by atoms with Crippen LogP contribution in [0.4, 0.5) is 4.79 Å². The van der Waals surface area contributed by atoms with E-state index in [-0.39, 0.29) is 11.6 Å². The molecule has 0 spiro atoms. The van der Waals surface area contributed by atoms with Crippen molar-refractivity contribution in [2.75, 3.05) is 6.54 Å². The average molecular weight is 325 g/mol. The van der Waals surface area contributed by atoms with Gasteiger partial charge in [-0.15, -0.1) is 0 Å². The molecule has 1 saturated heterocycles. The van der Waals surface area contributed by atoms with E-state index >= 15 is 0 Å². The van der Waals surface area contributed by atoms with Crippen LogP contribution in [-0.2, 0) is 4.74 Å². The first kappa shape index (κ1) is 14.9. The lowest BCUT2D eigenvalue weighted by atomic mass is 10.0. The molecule has 1 N–H and O–H groups in total. The summed E-state index contributed by atoms with van der Waals surface area (Å²) < 4.78 is 6.79. The number of rotatable bonds is 1. The Labute approximate surface area is 131 Å². The molecule has 118 valence electrons. The summed E-state index contributed by atoms with van der Waals surface area (Å²) in [7, 11) is 0. The van der Waals surface area contributed by atoms with Gasteiger partial charge in [-0.1, -0.05) is 11.6 Å². The fourth-order valence-electron chi connectivity index (χ4n) is 2.37. The van der Waals surface area contributed by atoms with Crippen LogP contribution in [0.15, 0.2) is 17.1 Å². The van der Waals surface area contributed by atoms with Crippen LogP contribution >= 0.6 is 11.6 Å². The maximum absolute atomic E-state index is 12.1. The van der Waals surface area contributed by atoms with E-state index in [2.05, 4.69) is 10.1 Å². The lowest BCUT2D eigenvalue weighted by molar-refractivity contribution is -0.00765. The average Bonchev–Trinajstić information content (AvgIpc) is 2.67. The molecule has 8 heteroatoms. The molecular weight excluding hydrogens is 308 g/mol. The number of hydrogen-bond acceptors (Lipinski definition) is 4. The zero-order chi connectivity index (χ0) is 16.1. The predicted molar refractivity (Wildman–Crippen MR) is 81.1 cm³/mol. The number of amides is 1. The van der Waals surface area contributed by atoms with E-state index < -0.39 is 11.7 Å². The number of fused-ring (bicyclic) bond motifs is 1. The number of nitrogens with zero attached hydrogens (tertiary/aromatic N) is 3. The van der Waals surface area contributed by atoms with Crippen LogP contribution in [0, 0.1) is 0 Å². The minimum atomic E-state index is -0.560. The monoisotopic (exact) mass is 324 g/mol. The van der Waals surface area contributed by atoms with Gasteiger partial charge >= 0.3 is 6.09 Å². The van der Waals surface area contributed by atoms with Gasteiger partial charge in [0.2, 0.25) is 0 Å². The third-order valence-electron chi connectivity index (χ3n) is 3.45. The molecule has 2 aromatic heterocycles. The van der Waals surface area contributed by atoms with Crippen LogP contribution in [0.2, 0.25) is 5.02 Å². The van der Waals surface area contributed by atoms with Gasteiger partial charge in [0.25, 0.3) is 5.56 Å². The van der Waals surface area contributed by atoms with Gasteiger partial charge in [-0.2, -0.15) is 5.10 Å². The number of halogens is 1. The molecule has 0 aromatic carbocycles. The smallest absolute Gasteiger partial charge is 0.410 e. The lowest BCUT2D eigenvalue weighted by Gasteiger charge is -2.40. The van der Waals surface area contributed by atoms with E-state index in [0.717, 1.165) is 6.42 Å². The summed E-state index contributed by atoms with van der Waals surface area (Å²) in [6, 6.07) is 1.32. The number of carbonyl (C=O) groups excluding carboxylic acids is 1. The zero-order valence-electron chi connectivity index (χ0n) is 12.6. The second-order valence-corrected chi connectivity index (χ2v) is 6.68. The molecular formula is C14H17ClN4O3. The highest BCUT2D eigenvalue weighted by Crippen LogP contribution is 2.32. The summed E-state index contributed by atoms with van der Waals surface area (Å²) >= 11 is 5.94. The second-order valence-electron chi connectivity index (χ2n) is 6.27. The highest BCUT2D eigenvalue weighted by molar-refractivity contribution is 6.33. The van der Waals surface area contributed by atoms with Crippen LogP contribution in [0.3, 0.4) is 0 Å². The van der Waals surface area contributed by atoms with Crippen LogP contribution < -0.4 is 5.56 Å². The van der Waals surface area contributed by atoms with Crippen molar-refractivity contribution < 1.29 is 9.53 Å². The molecule has 0 unspecified atom stereocenters. The molecule has 3 rings (SSSR count). The first-order valence-corrected chi connectivity index (χ1v) is 7.41. The van der Waals surface area contributed by atoms with Gasteiger partial charge in [0.15, 0.2) is 5.82 Å². The van der Waals surface area contributed by atoms with Gasteiger partial charge in [-0.05, 0) is 33.3 Å². The number of aromatic nitrogens is 3. The third kappa shape index (κ3) is 2.56. The highest BCUT2D eigenvalue weighted by atomic mass is 35.5. The lowest BCUT2D eigenvalue weighted by Crippen LogP contribution is -2.48. The Morgan fingerprint density at radius 2 is 2.23 bits per heavy atom.